The fourth-order valence-corrected chi connectivity index (χ4v) is 4.84. The number of nitrogens with zero attached hydrogens (tertiary/aromatic N) is 6. The molecule has 10 heteroatoms. The molecular weight excluding hydrogens is 436 g/mol. The Hall–Kier alpha value is -2.98. The Labute approximate surface area is 197 Å². The number of carbonyl (C=O) groups is 1. The minimum absolute atomic E-state index is 0.0414. The van der Waals surface area contributed by atoms with Gasteiger partial charge in [0.05, 0.1) is 6.04 Å². The number of anilines is 2. The molecule has 1 unspecified atom stereocenters. The van der Waals surface area contributed by atoms with Gasteiger partial charge in [-0.25, -0.2) is 15.0 Å². The van der Waals surface area contributed by atoms with E-state index in [1.807, 2.05) is 44.3 Å². The fraction of sp³-hybridized carbons (Fsp3) is 0.435. The molecule has 3 aliphatic heterocycles. The SMILES string of the molecule is CC1=NNC(=Nc2cc(N3CCC3)nc(Sc3ccc(NC(=O)C4CCCN4C)cc3)n2)C1. The second kappa shape index (κ2) is 9.48. The van der Waals surface area contributed by atoms with Gasteiger partial charge in [0.2, 0.25) is 5.91 Å². The maximum absolute atomic E-state index is 12.5. The summed E-state index contributed by atoms with van der Waals surface area (Å²) in [4.78, 5) is 31.9. The molecule has 4 heterocycles. The average Bonchev–Trinajstić information content (AvgIpc) is 3.36. The van der Waals surface area contributed by atoms with Gasteiger partial charge in [-0.2, -0.15) is 5.10 Å². The largest absolute Gasteiger partial charge is 0.356 e. The van der Waals surface area contributed by atoms with Crippen LogP contribution in [0, 0.1) is 0 Å². The summed E-state index contributed by atoms with van der Waals surface area (Å²) in [6, 6.07) is 9.72. The predicted molar refractivity (Wildman–Crippen MR) is 132 cm³/mol. The highest BCUT2D eigenvalue weighted by Gasteiger charge is 2.27. The Morgan fingerprint density at radius 2 is 2.00 bits per heavy atom. The van der Waals surface area contributed by atoms with Crippen LogP contribution in [-0.2, 0) is 4.79 Å². The molecule has 0 radical (unpaired) electrons. The first-order valence-electron chi connectivity index (χ1n) is 11.3. The maximum Gasteiger partial charge on any atom is 0.241 e. The molecule has 2 aromatic rings. The Morgan fingerprint density at radius 3 is 2.64 bits per heavy atom. The molecule has 9 nitrogen and oxygen atoms in total. The molecule has 0 saturated carbocycles. The predicted octanol–water partition coefficient (Wildman–Crippen LogP) is 3.27. The van der Waals surface area contributed by atoms with Crippen molar-refractivity contribution in [2.75, 3.05) is 36.9 Å². The van der Waals surface area contributed by atoms with Crippen LogP contribution in [0.4, 0.5) is 17.3 Å². The number of aliphatic imine (C=N–C) groups is 1. The van der Waals surface area contributed by atoms with Crippen molar-refractivity contribution in [2.45, 2.75) is 48.7 Å². The van der Waals surface area contributed by atoms with E-state index in [2.05, 4.69) is 35.6 Å². The van der Waals surface area contributed by atoms with Gasteiger partial charge >= 0.3 is 0 Å². The molecule has 0 bridgehead atoms. The number of benzene rings is 1. The van der Waals surface area contributed by atoms with Crippen molar-refractivity contribution in [1.82, 2.24) is 20.3 Å². The van der Waals surface area contributed by atoms with E-state index < -0.39 is 0 Å². The van der Waals surface area contributed by atoms with E-state index in [0.29, 0.717) is 17.4 Å². The lowest BCUT2D eigenvalue weighted by atomic mass is 10.2. The molecule has 5 rings (SSSR count). The van der Waals surface area contributed by atoms with Gasteiger partial charge < -0.3 is 10.2 Å². The van der Waals surface area contributed by atoms with Crippen LogP contribution in [0.3, 0.4) is 0 Å². The fourth-order valence-electron chi connectivity index (χ4n) is 4.07. The van der Waals surface area contributed by atoms with Gasteiger partial charge in [0.15, 0.2) is 11.0 Å². The first-order valence-corrected chi connectivity index (χ1v) is 12.1. The van der Waals surface area contributed by atoms with E-state index in [1.54, 1.807) is 0 Å². The van der Waals surface area contributed by atoms with Crippen molar-refractivity contribution in [3.8, 4) is 0 Å². The maximum atomic E-state index is 12.5. The first-order chi connectivity index (χ1) is 16.0. The Bertz CT molecular complexity index is 1100. The zero-order valence-electron chi connectivity index (χ0n) is 18.9. The van der Waals surface area contributed by atoms with Gasteiger partial charge in [-0.3, -0.25) is 15.1 Å². The number of hydrogen-bond acceptors (Lipinski definition) is 8. The van der Waals surface area contributed by atoms with Crippen molar-refractivity contribution in [2.24, 2.45) is 10.1 Å². The number of hydrazone groups is 1. The monoisotopic (exact) mass is 464 g/mol. The summed E-state index contributed by atoms with van der Waals surface area (Å²) in [6.45, 7) is 4.95. The minimum atomic E-state index is -0.0414. The van der Waals surface area contributed by atoms with Crippen molar-refractivity contribution >= 4 is 46.5 Å². The lowest BCUT2D eigenvalue weighted by Crippen LogP contribution is -2.37. The molecule has 2 fully saturated rings. The van der Waals surface area contributed by atoms with E-state index in [4.69, 9.17) is 4.98 Å². The zero-order chi connectivity index (χ0) is 22.8. The van der Waals surface area contributed by atoms with Gasteiger partial charge in [0.1, 0.15) is 11.7 Å². The van der Waals surface area contributed by atoms with Crippen LogP contribution in [0.1, 0.15) is 32.6 Å². The van der Waals surface area contributed by atoms with Crippen LogP contribution >= 0.6 is 11.8 Å². The third kappa shape index (κ3) is 5.17. The quantitative estimate of drug-likeness (QED) is 0.633. The molecule has 1 amide bonds. The summed E-state index contributed by atoms with van der Waals surface area (Å²) in [5.74, 6) is 2.39. The van der Waals surface area contributed by atoms with E-state index in [0.717, 1.165) is 60.4 Å². The van der Waals surface area contributed by atoms with Crippen molar-refractivity contribution in [1.29, 1.82) is 0 Å². The molecule has 0 aliphatic carbocycles. The molecule has 0 spiro atoms. The van der Waals surface area contributed by atoms with Gasteiger partial charge in [-0.05, 0) is 75.8 Å². The Morgan fingerprint density at radius 1 is 1.18 bits per heavy atom. The number of rotatable bonds is 6. The van der Waals surface area contributed by atoms with Gasteiger partial charge in [-0.15, -0.1) is 0 Å². The van der Waals surface area contributed by atoms with Crippen molar-refractivity contribution in [3.05, 3.63) is 30.3 Å². The molecule has 1 aromatic carbocycles. The topological polar surface area (TPSA) is 98.1 Å². The number of amides is 1. The standard InChI is InChI=1S/C23H28N8OS/c1-15-13-20(29-28-15)25-19-14-21(31-11-4-12-31)27-23(26-19)33-17-8-6-16(7-9-17)24-22(32)18-5-3-10-30(18)2/h6-9,14,18H,3-5,10-13H2,1-2H3,(H,24,32)(H,25,26,27,29). The highest BCUT2D eigenvalue weighted by atomic mass is 32.2. The van der Waals surface area contributed by atoms with E-state index >= 15 is 0 Å². The molecule has 2 saturated heterocycles. The summed E-state index contributed by atoms with van der Waals surface area (Å²) >= 11 is 1.49. The molecule has 1 atom stereocenters. The summed E-state index contributed by atoms with van der Waals surface area (Å²) < 4.78 is 0. The molecule has 1 aromatic heterocycles. The van der Waals surface area contributed by atoms with Gasteiger partial charge in [-0.1, -0.05) is 0 Å². The summed E-state index contributed by atoms with van der Waals surface area (Å²) in [5.41, 5.74) is 4.77. The van der Waals surface area contributed by atoms with Crippen molar-refractivity contribution in [3.63, 3.8) is 0 Å². The second-order valence-electron chi connectivity index (χ2n) is 8.66. The highest BCUT2D eigenvalue weighted by Crippen LogP contribution is 2.31. The van der Waals surface area contributed by atoms with Gasteiger partial charge in [0.25, 0.3) is 0 Å². The van der Waals surface area contributed by atoms with Crippen LogP contribution < -0.4 is 15.6 Å². The van der Waals surface area contributed by atoms with Crippen molar-refractivity contribution < 1.29 is 4.79 Å². The number of nitrogens with one attached hydrogen (secondary N) is 2. The van der Waals surface area contributed by atoms with E-state index in [9.17, 15) is 4.79 Å². The van der Waals surface area contributed by atoms with Crippen LogP contribution in [0.15, 0.2) is 50.5 Å². The van der Waals surface area contributed by atoms with Crippen LogP contribution in [0.5, 0.6) is 0 Å². The van der Waals surface area contributed by atoms with Crippen LogP contribution in [0.2, 0.25) is 0 Å². The molecule has 172 valence electrons. The summed E-state index contributed by atoms with van der Waals surface area (Å²) in [5, 5.41) is 7.88. The lowest BCUT2D eigenvalue weighted by molar-refractivity contribution is -0.119. The number of carbonyl (C=O) groups excluding carboxylic acids is 1. The molecule has 33 heavy (non-hydrogen) atoms. The Balaban J connectivity index is 1.29. The van der Waals surface area contributed by atoms with Gasteiger partial charge in [0, 0.05) is 41.9 Å². The zero-order valence-corrected chi connectivity index (χ0v) is 19.7. The normalized spacial score (nSPS) is 21.6. The summed E-state index contributed by atoms with van der Waals surface area (Å²) in [7, 11) is 2.00. The first kappa shape index (κ1) is 21.8. The smallest absolute Gasteiger partial charge is 0.241 e. The van der Waals surface area contributed by atoms with Crippen LogP contribution in [0.25, 0.3) is 0 Å². The van der Waals surface area contributed by atoms with Crippen LogP contribution in [-0.4, -0.2) is 65.0 Å². The molecule has 2 N–H and O–H groups in total. The van der Waals surface area contributed by atoms with E-state index in [1.165, 1.54) is 18.2 Å². The highest BCUT2D eigenvalue weighted by molar-refractivity contribution is 7.99. The third-order valence-corrected chi connectivity index (χ3v) is 6.93. The van der Waals surface area contributed by atoms with E-state index in [-0.39, 0.29) is 11.9 Å². The lowest BCUT2D eigenvalue weighted by Gasteiger charge is -2.32. The average molecular weight is 465 g/mol. The minimum Gasteiger partial charge on any atom is -0.356 e. The number of aromatic nitrogens is 2. The Kier molecular flexibility index (Phi) is 6.28. The number of likely N-dealkylation sites (tertiary alicyclic amines) is 1. The molecule has 3 aliphatic rings. The third-order valence-electron chi connectivity index (χ3n) is 6.06. The molecular formula is C23H28N8OS. The number of amidine groups is 1. The number of likely N-dealkylation sites (N-methyl/N-ethyl adjacent to an activating group) is 1. The summed E-state index contributed by atoms with van der Waals surface area (Å²) in [6.07, 6.45) is 3.86. The number of hydrogen-bond donors (Lipinski definition) is 2. The second-order valence-corrected chi connectivity index (χ2v) is 9.70.